The summed E-state index contributed by atoms with van der Waals surface area (Å²) in [5, 5.41) is -0.554. The molecular formula is C17H16INO8S. The Balaban J connectivity index is 2.27. The monoisotopic (exact) mass is 521 g/mol. The molecule has 0 bridgehead atoms. The third-order valence-electron chi connectivity index (χ3n) is 3.50. The maximum atomic E-state index is 12.4. The van der Waals surface area contributed by atoms with Crippen molar-refractivity contribution in [2.45, 2.75) is 0 Å². The second-order valence-corrected chi connectivity index (χ2v) is 7.40. The summed E-state index contributed by atoms with van der Waals surface area (Å²) in [7, 11) is 3.87. The molecule has 11 heteroatoms. The van der Waals surface area contributed by atoms with Crippen LogP contribution < -0.4 is 9.47 Å². The number of esters is 2. The number of imide groups is 1. The summed E-state index contributed by atoms with van der Waals surface area (Å²) in [5.74, 6) is -1.12. The van der Waals surface area contributed by atoms with Crippen LogP contribution in [0.4, 0.5) is 4.79 Å². The van der Waals surface area contributed by atoms with Crippen LogP contribution in [0.25, 0.3) is 6.08 Å². The lowest BCUT2D eigenvalue weighted by atomic mass is 10.2. The number of carbonyl (C=O) groups is 4. The molecule has 0 spiro atoms. The molecule has 150 valence electrons. The van der Waals surface area contributed by atoms with Crippen molar-refractivity contribution in [2.75, 3.05) is 34.5 Å². The van der Waals surface area contributed by atoms with Crippen molar-refractivity contribution >= 4 is 63.5 Å². The lowest BCUT2D eigenvalue weighted by molar-refractivity contribution is -0.143. The second kappa shape index (κ2) is 9.78. The Hall–Kier alpha value is -2.28. The van der Waals surface area contributed by atoms with Crippen LogP contribution in [0, 0.1) is 3.57 Å². The quantitative estimate of drug-likeness (QED) is 0.303. The minimum atomic E-state index is -0.688. The fraction of sp³-hybridized carbons (Fsp3) is 0.294. The number of amides is 2. The molecule has 2 amide bonds. The van der Waals surface area contributed by atoms with E-state index in [2.05, 4.69) is 9.47 Å². The van der Waals surface area contributed by atoms with Gasteiger partial charge in [-0.25, -0.2) is 4.79 Å². The fourth-order valence-corrected chi connectivity index (χ4v) is 3.75. The molecular weight excluding hydrogens is 505 g/mol. The van der Waals surface area contributed by atoms with Crippen LogP contribution in [0.3, 0.4) is 0 Å². The molecule has 1 aromatic rings. The topological polar surface area (TPSA) is 108 Å². The number of rotatable bonds is 7. The van der Waals surface area contributed by atoms with Gasteiger partial charge in [0, 0.05) is 0 Å². The van der Waals surface area contributed by atoms with Gasteiger partial charge < -0.3 is 18.9 Å². The van der Waals surface area contributed by atoms with E-state index in [1.807, 2.05) is 22.6 Å². The minimum absolute atomic E-state index is 0.162. The molecule has 0 aliphatic carbocycles. The highest BCUT2D eigenvalue weighted by atomic mass is 127. The molecule has 0 radical (unpaired) electrons. The van der Waals surface area contributed by atoms with E-state index < -0.39 is 29.6 Å². The van der Waals surface area contributed by atoms with E-state index in [0.717, 1.165) is 16.7 Å². The summed E-state index contributed by atoms with van der Waals surface area (Å²) in [5.41, 5.74) is 0.579. The van der Waals surface area contributed by atoms with E-state index in [4.69, 9.17) is 9.47 Å². The highest BCUT2D eigenvalue weighted by Gasteiger charge is 2.36. The van der Waals surface area contributed by atoms with Crippen LogP contribution in [0.2, 0.25) is 0 Å². The number of hydrogen-bond donors (Lipinski definition) is 0. The zero-order chi connectivity index (χ0) is 20.8. The van der Waals surface area contributed by atoms with Gasteiger partial charge in [-0.1, -0.05) is 0 Å². The van der Waals surface area contributed by atoms with E-state index in [-0.39, 0.29) is 11.5 Å². The van der Waals surface area contributed by atoms with Gasteiger partial charge in [0.05, 0.1) is 29.8 Å². The molecule has 0 saturated carbocycles. The maximum Gasteiger partial charge on any atom is 0.343 e. The van der Waals surface area contributed by atoms with Crippen molar-refractivity contribution in [2.24, 2.45) is 0 Å². The Labute approximate surface area is 178 Å². The van der Waals surface area contributed by atoms with Crippen molar-refractivity contribution in [3.63, 3.8) is 0 Å². The average molecular weight is 521 g/mol. The van der Waals surface area contributed by atoms with Crippen molar-refractivity contribution in [3.05, 3.63) is 26.2 Å². The molecule has 1 saturated heterocycles. The van der Waals surface area contributed by atoms with Crippen LogP contribution >= 0.6 is 34.4 Å². The summed E-state index contributed by atoms with van der Waals surface area (Å²) in [6, 6.07) is 3.30. The van der Waals surface area contributed by atoms with E-state index in [1.165, 1.54) is 27.4 Å². The van der Waals surface area contributed by atoms with Crippen LogP contribution in [0.1, 0.15) is 5.56 Å². The van der Waals surface area contributed by atoms with Crippen LogP contribution in [0.15, 0.2) is 17.0 Å². The van der Waals surface area contributed by atoms with E-state index in [0.29, 0.717) is 20.6 Å². The molecule has 1 fully saturated rings. The molecule has 0 N–H and O–H groups in total. The molecule has 0 atom stereocenters. The van der Waals surface area contributed by atoms with Gasteiger partial charge in [0.2, 0.25) is 0 Å². The van der Waals surface area contributed by atoms with Crippen LogP contribution in [-0.2, 0) is 23.9 Å². The van der Waals surface area contributed by atoms with Gasteiger partial charge >= 0.3 is 11.9 Å². The number of hydrogen-bond acceptors (Lipinski definition) is 9. The molecule has 28 heavy (non-hydrogen) atoms. The minimum Gasteiger partial charge on any atom is -0.493 e. The van der Waals surface area contributed by atoms with Crippen LogP contribution in [-0.4, -0.2) is 62.5 Å². The summed E-state index contributed by atoms with van der Waals surface area (Å²) >= 11 is 2.72. The highest BCUT2D eigenvalue weighted by Crippen LogP contribution is 2.37. The van der Waals surface area contributed by atoms with Crippen molar-refractivity contribution in [1.82, 2.24) is 4.90 Å². The number of methoxy groups -OCH3 is 3. The van der Waals surface area contributed by atoms with Gasteiger partial charge in [-0.15, -0.1) is 0 Å². The average Bonchev–Trinajstić information content (AvgIpc) is 2.93. The Morgan fingerprint density at radius 3 is 2.43 bits per heavy atom. The number of halogens is 1. The van der Waals surface area contributed by atoms with Gasteiger partial charge in [-0.05, 0) is 58.1 Å². The zero-order valence-corrected chi connectivity index (χ0v) is 18.1. The van der Waals surface area contributed by atoms with Crippen LogP contribution in [0.5, 0.6) is 11.5 Å². The number of ether oxygens (including phenoxy) is 4. The molecule has 1 heterocycles. The lowest BCUT2D eigenvalue weighted by Crippen LogP contribution is -2.34. The highest BCUT2D eigenvalue weighted by molar-refractivity contribution is 14.1. The number of benzene rings is 1. The largest absolute Gasteiger partial charge is 0.493 e. The first-order valence-electron chi connectivity index (χ1n) is 7.70. The first-order chi connectivity index (χ1) is 13.3. The zero-order valence-electron chi connectivity index (χ0n) is 15.1. The Morgan fingerprint density at radius 1 is 1.14 bits per heavy atom. The third kappa shape index (κ3) is 5.16. The second-order valence-electron chi connectivity index (χ2n) is 5.24. The van der Waals surface area contributed by atoms with Gasteiger partial charge in [-0.2, -0.15) is 0 Å². The fourth-order valence-electron chi connectivity index (χ4n) is 2.13. The maximum absolute atomic E-state index is 12.4. The predicted molar refractivity (Wildman–Crippen MR) is 108 cm³/mol. The Kier molecular flexibility index (Phi) is 7.69. The van der Waals surface area contributed by atoms with E-state index in [1.54, 1.807) is 12.1 Å². The van der Waals surface area contributed by atoms with E-state index in [9.17, 15) is 19.2 Å². The normalized spacial score (nSPS) is 15.0. The Morgan fingerprint density at radius 2 is 1.82 bits per heavy atom. The summed E-state index contributed by atoms with van der Waals surface area (Å²) in [4.78, 5) is 48.0. The van der Waals surface area contributed by atoms with E-state index >= 15 is 0 Å². The number of thioether (sulfide) groups is 1. The number of nitrogens with zero attached hydrogens (tertiary/aromatic N) is 1. The summed E-state index contributed by atoms with van der Waals surface area (Å²) < 4.78 is 20.4. The SMILES string of the molecule is COC(=O)COc1c(I)cc(/C=C2\SC(=O)N(CC(=O)OC)C2=O)cc1OC. The molecule has 1 aliphatic rings. The van der Waals surface area contributed by atoms with Gasteiger partial charge in [0.1, 0.15) is 6.54 Å². The first kappa shape index (κ1) is 22.0. The molecule has 0 unspecified atom stereocenters. The van der Waals surface area contributed by atoms with Crippen molar-refractivity contribution < 1.29 is 38.1 Å². The Bertz CT molecular complexity index is 854. The smallest absolute Gasteiger partial charge is 0.343 e. The van der Waals surface area contributed by atoms with Gasteiger partial charge in [-0.3, -0.25) is 19.3 Å². The standard InChI is InChI=1S/C17H16INO8S/c1-24-11-5-9(4-10(18)15(11)27-8-14(21)26-3)6-12-16(22)19(17(23)28-12)7-13(20)25-2/h4-6H,7-8H2,1-3H3/b12-6-. The van der Waals surface area contributed by atoms with Gasteiger partial charge in [0.25, 0.3) is 11.1 Å². The third-order valence-corrected chi connectivity index (χ3v) is 5.21. The van der Waals surface area contributed by atoms with Crippen molar-refractivity contribution in [1.29, 1.82) is 0 Å². The van der Waals surface area contributed by atoms with Gasteiger partial charge in [0.15, 0.2) is 18.1 Å². The molecule has 9 nitrogen and oxygen atoms in total. The molecule has 2 rings (SSSR count). The first-order valence-corrected chi connectivity index (χ1v) is 9.59. The van der Waals surface area contributed by atoms with Crippen molar-refractivity contribution in [3.8, 4) is 11.5 Å². The summed E-state index contributed by atoms with van der Waals surface area (Å²) in [6.45, 7) is -0.728. The molecule has 1 aromatic carbocycles. The number of carbonyl (C=O) groups excluding carboxylic acids is 4. The lowest BCUT2D eigenvalue weighted by Gasteiger charge is -2.13. The predicted octanol–water partition coefficient (Wildman–Crippen LogP) is 2.06. The molecule has 0 aromatic heterocycles. The summed E-state index contributed by atoms with van der Waals surface area (Å²) in [6.07, 6.45) is 1.51. The molecule has 1 aliphatic heterocycles.